The van der Waals surface area contributed by atoms with Crippen molar-refractivity contribution in [2.75, 3.05) is 7.11 Å². The molecule has 1 rings (SSSR count). The molecule has 0 heterocycles. The van der Waals surface area contributed by atoms with E-state index in [0.717, 1.165) is 13.2 Å². The molecule has 0 aliphatic heterocycles. The van der Waals surface area contributed by atoms with E-state index in [9.17, 15) is 14.3 Å². The quantitative estimate of drug-likeness (QED) is 0.294. The lowest BCUT2D eigenvalue weighted by Crippen LogP contribution is -2.03. The fourth-order valence-electron chi connectivity index (χ4n) is 1.12. The zero-order valence-corrected chi connectivity index (χ0v) is 9.50. The molecule has 0 amide bonds. The standard InChI is InChI=1S/C12H9FN2O3/c1-18-12(17)11(15-14)10(16)7-4-8-2-5-9(13)6-3-8/h2-7H,1H3/p+1/b7-4+. The molecule has 0 fully saturated rings. The second-order valence-corrected chi connectivity index (χ2v) is 3.21. The summed E-state index contributed by atoms with van der Waals surface area (Å²) in [5, 5.41) is 18.0. The van der Waals surface area contributed by atoms with Crippen molar-refractivity contribution in [3.8, 4) is 0 Å². The Hall–Kier alpha value is -2.68. The molecular weight excluding hydrogens is 239 g/mol. The van der Waals surface area contributed by atoms with Crippen LogP contribution >= 0.6 is 0 Å². The highest BCUT2D eigenvalue weighted by Gasteiger charge is 2.28. The predicted octanol–water partition coefficient (Wildman–Crippen LogP) is 2.63. The van der Waals surface area contributed by atoms with E-state index in [2.05, 4.69) is 9.71 Å². The number of diazo groups is 1. The number of benzene rings is 1. The number of ether oxygens (including phenoxy) is 1. The molecule has 0 spiro atoms. The van der Waals surface area contributed by atoms with Gasteiger partial charge in [0.15, 0.2) is 4.98 Å². The van der Waals surface area contributed by atoms with Gasteiger partial charge in [-0.2, -0.15) is 0 Å². The molecule has 92 valence electrons. The summed E-state index contributed by atoms with van der Waals surface area (Å²) in [6.45, 7) is 0. The van der Waals surface area contributed by atoms with Crippen molar-refractivity contribution in [1.82, 2.24) is 0 Å². The number of nitrogens with zero attached hydrogens (tertiary/aromatic N) is 2. The van der Waals surface area contributed by atoms with E-state index in [0.29, 0.717) is 5.56 Å². The number of carbonyl (C=O) groups excluding carboxylic acids is 1. The maximum absolute atomic E-state index is 12.6. The largest absolute Gasteiger partial charge is 0.509 e. The molecule has 6 heteroatoms. The summed E-state index contributed by atoms with van der Waals surface area (Å²) in [5.74, 6) is -1.92. The fourth-order valence-corrected chi connectivity index (χ4v) is 1.12. The summed E-state index contributed by atoms with van der Waals surface area (Å²) in [6, 6.07) is 5.45. The Balaban J connectivity index is 2.95. The molecule has 0 radical (unpaired) electrons. The number of hydrogen-bond donors (Lipinski definition) is 1. The van der Waals surface area contributed by atoms with Gasteiger partial charge in [0.1, 0.15) is 5.82 Å². The molecular formula is C12H10FN2O3+. The Bertz CT molecular complexity index is 541. The van der Waals surface area contributed by atoms with E-state index in [1.165, 1.54) is 30.3 Å². The summed E-state index contributed by atoms with van der Waals surface area (Å²) in [6.07, 6.45) is 2.56. The van der Waals surface area contributed by atoms with Crippen LogP contribution in [0.25, 0.3) is 11.1 Å². The molecule has 0 atom stereocenters. The number of hydrogen-bond acceptors (Lipinski definition) is 4. The van der Waals surface area contributed by atoms with Crippen molar-refractivity contribution in [1.29, 1.82) is 5.39 Å². The van der Waals surface area contributed by atoms with Crippen LogP contribution in [0.15, 0.2) is 41.8 Å². The Morgan fingerprint density at radius 2 is 2.06 bits per heavy atom. The highest BCUT2D eigenvalue weighted by Crippen LogP contribution is 2.10. The summed E-state index contributed by atoms with van der Waals surface area (Å²) < 4.78 is 16.9. The van der Waals surface area contributed by atoms with Gasteiger partial charge in [-0.05, 0) is 23.8 Å². The van der Waals surface area contributed by atoms with Gasteiger partial charge in [-0.1, -0.05) is 18.2 Å². The van der Waals surface area contributed by atoms with Gasteiger partial charge in [-0.15, -0.1) is 0 Å². The van der Waals surface area contributed by atoms with Crippen molar-refractivity contribution >= 4 is 12.0 Å². The number of methoxy groups -OCH3 is 1. The van der Waals surface area contributed by atoms with Crippen LogP contribution in [-0.4, -0.2) is 18.2 Å². The Morgan fingerprint density at radius 3 is 2.56 bits per heavy atom. The average Bonchev–Trinajstić information content (AvgIpc) is 2.38. The first-order valence-electron chi connectivity index (χ1n) is 4.88. The fraction of sp³-hybridized carbons (Fsp3) is 0.0833. The molecule has 1 aromatic carbocycles. The van der Waals surface area contributed by atoms with Crippen molar-refractivity contribution in [3.05, 3.63) is 58.2 Å². The van der Waals surface area contributed by atoms with Crippen LogP contribution in [0, 0.1) is 11.2 Å². The van der Waals surface area contributed by atoms with Crippen LogP contribution in [0.3, 0.4) is 0 Å². The number of halogens is 1. The van der Waals surface area contributed by atoms with Crippen LogP contribution in [0.5, 0.6) is 0 Å². The molecule has 0 saturated carbocycles. The minimum Gasteiger partial charge on any atom is -0.501 e. The van der Waals surface area contributed by atoms with Crippen molar-refractivity contribution in [3.63, 3.8) is 0 Å². The maximum atomic E-state index is 12.6. The van der Waals surface area contributed by atoms with E-state index >= 15 is 0 Å². The molecule has 0 aliphatic carbocycles. The Morgan fingerprint density at radius 1 is 1.44 bits per heavy atom. The van der Waals surface area contributed by atoms with Crippen LogP contribution in [0.2, 0.25) is 0 Å². The first-order chi connectivity index (χ1) is 8.58. The SMILES string of the molecule is COC(=O)C([N+]#N)=C(O)/C=C/c1ccc(F)cc1. The lowest BCUT2D eigenvalue weighted by molar-refractivity contribution is -0.135. The highest BCUT2D eigenvalue weighted by atomic mass is 19.1. The second-order valence-electron chi connectivity index (χ2n) is 3.21. The molecule has 0 unspecified atom stereocenters. The summed E-state index contributed by atoms with van der Waals surface area (Å²) in [7, 11) is 1.09. The van der Waals surface area contributed by atoms with E-state index in [1.807, 2.05) is 0 Å². The van der Waals surface area contributed by atoms with Gasteiger partial charge in [0.25, 0.3) is 0 Å². The number of rotatable bonds is 3. The van der Waals surface area contributed by atoms with Crippen LogP contribution in [-0.2, 0) is 9.53 Å². The number of aliphatic hydroxyl groups excluding tert-OH is 1. The average molecular weight is 249 g/mol. The molecule has 0 bridgehead atoms. The normalized spacial score (nSPS) is 11.8. The summed E-state index contributed by atoms with van der Waals surface area (Å²) >= 11 is 0. The van der Waals surface area contributed by atoms with Gasteiger partial charge < -0.3 is 9.84 Å². The van der Waals surface area contributed by atoms with E-state index in [1.54, 1.807) is 0 Å². The third-order valence-electron chi connectivity index (χ3n) is 2.03. The molecule has 0 aliphatic rings. The molecule has 5 nitrogen and oxygen atoms in total. The lowest BCUT2D eigenvalue weighted by atomic mass is 10.2. The molecule has 18 heavy (non-hydrogen) atoms. The van der Waals surface area contributed by atoms with Crippen LogP contribution in [0.4, 0.5) is 4.39 Å². The first-order valence-corrected chi connectivity index (χ1v) is 4.88. The lowest BCUT2D eigenvalue weighted by Gasteiger charge is -1.92. The monoisotopic (exact) mass is 249 g/mol. The second kappa shape index (κ2) is 6.15. The first kappa shape index (κ1) is 13.4. The van der Waals surface area contributed by atoms with Gasteiger partial charge >= 0.3 is 11.7 Å². The molecule has 1 N–H and O–H groups in total. The Kier molecular flexibility index (Phi) is 4.58. The highest BCUT2D eigenvalue weighted by molar-refractivity contribution is 5.91. The summed E-state index contributed by atoms with van der Waals surface area (Å²) in [5.41, 5.74) is -0.0130. The number of allylic oxidation sites excluding steroid dienone is 1. The van der Waals surface area contributed by atoms with Gasteiger partial charge in [-0.3, -0.25) is 0 Å². The third-order valence-corrected chi connectivity index (χ3v) is 2.03. The van der Waals surface area contributed by atoms with Crippen LogP contribution in [0.1, 0.15) is 5.56 Å². The summed E-state index contributed by atoms with van der Waals surface area (Å²) in [4.78, 5) is 13.7. The molecule has 0 aromatic heterocycles. The van der Waals surface area contributed by atoms with E-state index < -0.39 is 17.4 Å². The van der Waals surface area contributed by atoms with Crippen molar-refractivity contribution in [2.24, 2.45) is 0 Å². The topological polar surface area (TPSA) is 74.7 Å². The van der Waals surface area contributed by atoms with Gasteiger partial charge in [0.2, 0.25) is 11.2 Å². The minimum absolute atomic E-state index is 0.382. The number of aliphatic hydroxyl groups is 1. The Labute approximate surface area is 102 Å². The van der Waals surface area contributed by atoms with E-state index in [4.69, 9.17) is 5.39 Å². The number of carbonyl (C=O) groups is 1. The van der Waals surface area contributed by atoms with Crippen molar-refractivity contribution < 1.29 is 19.0 Å². The van der Waals surface area contributed by atoms with Gasteiger partial charge in [-0.25, -0.2) is 9.18 Å². The smallest absolute Gasteiger partial charge is 0.501 e. The van der Waals surface area contributed by atoms with Crippen LogP contribution < -0.4 is 0 Å². The van der Waals surface area contributed by atoms with E-state index in [-0.39, 0.29) is 5.82 Å². The predicted molar refractivity (Wildman–Crippen MR) is 62.2 cm³/mol. The van der Waals surface area contributed by atoms with Crippen molar-refractivity contribution in [2.45, 2.75) is 0 Å². The number of esters is 1. The zero-order valence-electron chi connectivity index (χ0n) is 9.50. The minimum atomic E-state index is -0.973. The molecule has 0 saturated heterocycles. The molecule has 1 aromatic rings. The van der Waals surface area contributed by atoms with Gasteiger partial charge in [0.05, 0.1) is 7.11 Å². The zero-order chi connectivity index (χ0) is 13.5. The maximum Gasteiger partial charge on any atom is 0.509 e. The third kappa shape index (κ3) is 3.42. The van der Waals surface area contributed by atoms with Gasteiger partial charge in [0, 0.05) is 0 Å².